The first kappa shape index (κ1) is 8.74. The van der Waals surface area contributed by atoms with E-state index in [2.05, 4.69) is 9.68 Å². The van der Waals surface area contributed by atoms with Gasteiger partial charge in [-0.05, 0) is 17.7 Å². The molecule has 0 amide bonds. The molecule has 0 aliphatic rings. The van der Waals surface area contributed by atoms with Crippen molar-refractivity contribution < 1.29 is 13.7 Å². The summed E-state index contributed by atoms with van der Waals surface area (Å²) in [5.74, 6) is 0.313. The second kappa shape index (κ2) is 3.91. The molecule has 0 aliphatic heterocycles. The predicted molar refractivity (Wildman–Crippen MR) is 47.2 cm³/mol. The molecule has 0 bridgehead atoms. The molecule has 0 aliphatic carbocycles. The lowest BCUT2D eigenvalue weighted by molar-refractivity contribution is 0.301. The van der Waals surface area contributed by atoms with Crippen LogP contribution in [0.15, 0.2) is 41.2 Å². The Kier molecular flexibility index (Phi) is 2.44. The van der Waals surface area contributed by atoms with E-state index < -0.39 is 0 Å². The molecule has 2 aromatic rings. The number of nitrogens with zero attached hydrogens (tertiary/aromatic N) is 1. The van der Waals surface area contributed by atoms with Gasteiger partial charge >= 0.3 is 0 Å². The molecule has 14 heavy (non-hydrogen) atoms. The van der Waals surface area contributed by atoms with Gasteiger partial charge in [0.2, 0.25) is 0 Å². The minimum absolute atomic E-state index is 0.251. The van der Waals surface area contributed by atoms with E-state index in [1.807, 2.05) is 0 Å². The summed E-state index contributed by atoms with van der Waals surface area (Å²) in [5.41, 5.74) is 0.896. The maximum atomic E-state index is 12.5. The highest BCUT2D eigenvalue weighted by Gasteiger charge is 1.97. The van der Waals surface area contributed by atoms with Crippen LogP contribution in [0.25, 0.3) is 0 Å². The molecule has 0 radical (unpaired) electrons. The highest BCUT2D eigenvalue weighted by Crippen LogP contribution is 2.11. The van der Waals surface area contributed by atoms with Crippen LogP contribution in [0.4, 0.5) is 4.39 Å². The first-order valence-corrected chi connectivity index (χ1v) is 4.11. The van der Waals surface area contributed by atoms with E-state index in [1.54, 1.807) is 12.1 Å². The number of halogens is 1. The van der Waals surface area contributed by atoms with Crippen molar-refractivity contribution in [1.29, 1.82) is 0 Å². The van der Waals surface area contributed by atoms with Crippen LogP contribution in [-0.2, 0) is 6.61 Å². The third-order valence-corrected chi connectivity index (χ3v) is 1.73. The van der Waals surface area contributed by atoms with Gasteiger partial charge < -0.3 is 9.26 Å². The van der Waals surface area contributed by atoms with E-state index in [1.165, 1.54) is 24.6 Å². The lowest BCUT2D eigenvalue weighted by Gasteiger charge is -2.01. The molecule has 1 aromatic carbocycles. The van der Waals surface area contributed by atoms with Gasteiger partial charge in [0.15, 0.2) is 12.0 Å². The van der Waals surface area contributed by atoms with Gasteiger partial charge in [0, 0.05) is 0 Å². The van der Waals surface area contributed by atoms with Gasteiger partial charge in [0.25, 0.3) is 0 Å². The second-order valence-corrected chi connectivity index (χ2v) is 2.78. The summed E-state index contributed by atoms with van der Waals surface area (Å²) in [6.45, 7) is 0.376. The van der Waals surface area contributed by atoms with Gasteiger partial charge in [0.1, 0.15) is 18.6 Å². The molecule has 1 heterocycles. The number of rotatable bonds is 3. The van der Waals surface area contributed by atoms with Crippen molar-refractivity contribution in [3.63, 3.8) is 0 Å². The second-order valence-electron chi connectivity index (χ2n) is 2.78. The lowest BCUT2D eigenvalue weighted by Crippen LogP contribution is -1.93. The monoisotopic (exact) mass is 193 g/mol. The maximum absolute atomic E-state index is 12.5. The Bertz CT molecular complexity index is 383. The highest BCUT2D eigenvalue weighted by atomic mass is 19.1. The van der Waals surface area contributed by atoms with Gasteiger partial charge in [-0.2, -0.15) is 0 Å². The molecule has 72 valence electrons. The van der Waals surface area contributed by atoms with Crippen LogP contribution in [-0.4, -0.2) is 5.16 Å². The van der Waals surface area contributed by atoms with Crippen molar-refractivity contribution in [2.45, 2.75) is 6.61 Å². The van der Waals surface area contributed by atoms with Gasteiger partial charge in [-0.1, -0.05) is 17.3 Å². The van der Waals surface area contributed by atoms with Crippen LogP contribution in [0.2, 0.25) is 0 Å². The fraction of sp³-hybridized carbons (Fsp3) is 0.100. The fourth-order valence-corrected chi connectivity index (χ4v) is 1.01. The molecule has 0 fully saturated rings. The van der Waals surface area contributed by atoms with Crippen LogP contribution in [0.3, 0.4) is 0 Å². The van der Waals surface area contributed by atoms with Crippen LogP contribution in [0.1, 0.15) is 5.56 Å². The Morgan fingerprint density at radius 3 is 2.71 bits per heavy atom. The minimum atomic E-state index is -0.251. The summed E-state index contributed by atoms with van der Waals surface area (Å²) >= 11 is 0. The normalized spacial score (nSPS) is 10.1. The third-order valence-electron chi connectivity index (χ3n) is 1.73. The number of hydrogen-bond donors (Lipinski definition) is 0. The Morgan fingerprint density at radius 2 is 2.07 bits per heavy atom. The number of ether oxygens (including phenoxy) is 1. The lowest BCUT2D eigenvalue weighted by atomic mass is 10.2. The molecule has 2 rings (SSSR count). The zero-order chi connectivity index (χ0) is 9.80. The minimum Gasteiger partial charge on any atom is -0.484 e. The highest BCUT2D eigenvalue weighted by molar-refractivity contribution is 5.16. The Labute approximate surface area is 80.1 Å². The first-order chi connectivity index (χ1) is 6.84. The summed E-state index contributed by atoms with van der Waals surface area (Å²) in [6.07, 6.45) is 2.88. The van der Waals surface area contributed by atoms with E-state index in [9.17, 15) is 4.39 Å². The van der Waals surface area contributed by atoms with Gasteiger partial charge in [-0.3, -0.25) is 0 Å². The predicted octanol–water partition coefficient (Wildman–Crippen LogP) is 2.39. The van der Waals surface area contributed by atoms with E-state index in [0.29, 0.717) is 12.4 Å². The average Bonchev–Trinajstić information content (AvgIpc) is 2.70. The molecule has 0 N–H and O–H groups in total. The molecular weight excluding hydrogens is 185 g/mol. The first-order valence-electron chi connectivity index (χ1n) is 4.11. The van der Waals surface area contributed by atoms with Crippen LogP contribution < -0.4 is 4.74 Å². The largest absolute Gasteiger partial charge is 0.484 e. The molecule has 0 saturated heterocycles. The number of benzene rings is 1. The Morgan fingerprint density at radius 1 is 1.29 bits per heavy atom. The van der Waals surface area contributed by atoms with Crippen molar-refractivity contribution in [3.8, 4) is 5.75 Å². The molecule has 4 heteroatoms. The smallest absolute Gasteiger partial charge is 0.179 e. The van der Waals surface area contributed by atoms with E-state index in [0.717, 1.165) is 5.56 Å². The zero-order valence-corrected chi connectivity index (χ0v) is 7.31. The average molecular weight is 193 g/mol. The number of hydrogen-bond acceptors (Lipinski definition) is 3. The molecular formula is C10H8FNO2. The topological polar surface area (TPSA) is 35.3 Å². The standard InChI is InChI=1S/C10H8FNO2/c11-9-3-1-8(2-4-9)6-13-10-5-12-14-7-10/h1-5,7H,6H2. The van der Waals surface area contributed by atoms with Crippen molar-refractivity contribution in [2.24, 2.45) is 0 Å². The summed E-state index contributed by atoms with van der Waals surface area (Å²) < 4.78 is 22.4. The molecule has 0 atom stereocenters. The van der Waals surface area contributed by atoms with Crippen molar-refractivity contribution in [1.82, 2.24) is 5.16 Å². The number of aromatic nitrogens is 1. The summed E-state index contributed by atoms with van der Waals surface area (Å²) in [7, 11) is 0. The summed E-state index contributed by atoms with van der Waals surface area (Å²) in [5, 5.41) is 3.49. The van der Waals surface area contributed by atoms with Crippen molar-refractivity contribution in [2.75, 3.05) is 0 Å². The molecule has 0 saturated carbocycles. The molecule has 0 unspecified atom stereocenters. The van der Waals surface area contributed by atoms with Crippen LogP contribution in [0.5, 0.6) is 5.75 Å². The quantitative estimate of drug-likeness (QED) is 0.750. The SMILES string of the molecule is Fc1ccc(COc2cnoc2)cc1. The van der Waals surface area contributed by atoms with Gasteiger partial charge in [-0.25, -0.2) is 4.39 Å². The maximum Gasteiger partial charge on any atom is 0.179 e. The summed E-state index contributed by atoms with van der Waals surface area (Å²) in [6, 6.07) is 6.13. The van der Waals surface area contributed by atoms with Gasteiger partial charge in [-0.15, -0.1) is 0 Å². The van der Waals surface area contributed by atoms with E-state index in [-0.39, 0.29) is 5.82 Å². The van der Waals surface area contributed by atoms with Crippen molar-refractivity contribution >= 4 is 0 Å². The van der Waals surface area contributed by atoms with Crippen molar-refractivity contribution in [3.05, 3.63) is 48.1 Å². The molecule has 0 spiro atoms. The Hall–Kier alpha value is -1.84. The van der Waals surface area contributed by atoms with Crippen LogP contribution >= 0.6 is 0 Å². The fourth-order valence-electron chi connectivity index (χ4n) is 1.01. The van der Waals surface area contributed by atoms with E-state index >= 15 is 0 Å². The molecule has 1 aromatic heterocycles. The van der Waals surface area contributed by atoms with E-state index in [4.69, 9.17) is 4.74 Å². The molecule has 3 nitrogen and oxygen atoms in total. The van der Waals surface area contributed by atoms with Gasteiger partial charge in [0.05, 0.1) is 0 Å². The zero-order valence-electron chi connectivity index (χ0n) is 7.31. The van der Waals surface area contributed by atoms with Crippen LogP contribution in [0, 0.1) is 5.82 Å². The third kappa shape index (κ3) is 2.10. The Balaban J connectivity index is 1.95. The summed E-state index contributed by atoms with van der Waals surface area (Å²) in [4.78, 5) is 0.